The van der Waals surface area contributed by atoms with Gasteiger partial charge in [0.15, 0.2) is 6.19 Å². The lowest BCUT2D eigenvalue weighted by Gasteiger charge is -2.28. The Bertz CT molecular complexity index is 1060. The van der Waals surface area contributed by atoms with E-state index in [1.165, 1.54) is 18.2 Å². The number of benzene rings is 2. The summed E-state index contributed by atoms with van der Waals surface area (Å²) in [5, 5.41) is 19.5. The average Bonchev–Trinajstić information content (AvgIpc) is 2.90. The zero-order chi connectivity index (χ0) is 24.6. The zero-order valence-corrected chi connectivity index (χ0v) is 17.5. The van der Waals surface area contributed by atoms with Gasteiger partial charge in [-0.15, -0.1) is 0 Å². The van der Waals surface area contributed by atoms with Crippen molar-refractivity contribution in [1.82, 2.24) is 4.90 Å². The molecule has 2 aromatic carbocycles. The molecule has 0 saturated heterocycles. The van der Waals surface area contributed by atoms with Gasteiger partial charge in [-0.3, -0.25) is 9.80 Å². The molecule has 0 fully saturated rings. The van der Waals surface area contributed by atoms with Crippen molar-refractivity contribution < 1.29 is 36.2 Å². The molecular formula is C21H16ClF6N3O2. The van der Waals surface area contributed by atoms with E-state index in [1.54, 1.807) is 0 Å². The normalized spacial score (nSPS) is 16.5. The van der Waals surface area contributed by atoms with Crippen molar-refractivity contribution in [3.8, 4) is 6.19 Å². The third kappa shape index (κ3) is 5.45. The molecule has 0 saturated carbocycles. The van der Waals surface area contributed by atoms with Gasteiger partial charge in [0.2, 0.25) is 0 Å². The number of alkyl halides is 6. The monoisotopic (exact) mass is 491 g/mol. The first-order valence-electron chi connectivity index (χ1n) is 9.56. The summed E-state index contributed by atoms with van der Waals surface area (Å²) in [7, 11) is 0. The van der Waals surface area contributed by atoms with E-state index in [0.29, 0.717) is 24.1 Å². The summed E-state index contributed by atoms with van der Waals surface area (Å²) < 4.78 is 79.2. The van der Waals surface area contributed by atoms with Crippen molar-refractivity contribution >= 4 is 23.4 Å². The summed E-state index contributed by atoms with van der Waals surface area (Å²) >= 11 is 6.00. The van der Waals surface area contributed by atoms with Gasteiger partial charge in [-0.2, -0.15) is 31.6 Å². The van der Waals surface area contributed by atoms with Gasteiger partial charge in [0, 0.05) is 11.6 Å². The van der Waals surface area contributed by atoms with Gasteiger partial charge >= 0.3 is 18.4 Å². The fourth-order valence-corrected chi connectivity index (χ4v) is 3.96. The van der Waals surface area contributed by atoms with Crippen LogP contribution in [0.5, 0.6) is 0 Å². The van der Waals surface area contributed by atoms with Crippen molar-refractivity contribution in [2.45, 2.75) is 37.8 Å². The van der Waals surface area contributed by atoms with Crippen molar-refractivity contribution in [3.63, 3.8) is 0 Å². The van der Waals surface area contributed by atoms with Gasteiger partial charge in [-0.05, 0) is 54.3 Å². The molecule has 2 aromatic rings. The van der Waals surface area contributed by atoms with Crippen LogP contribution in [0.3, 0.4) is 0 Å². The van der Waals surface area contributed by atoms with Gasteiger partial charge in [0.05, 0.1) is 29.4 Å². The fourth-order valence-electron chi connectivity index (χ4n) is 3.80. The number of rotatable bonds is 3. The topological polar surface area (TPSA) is 67.6 Å². The SMILES string of the molecule is N#CN(Cc1cc(C(F)(F)F)cc(C(F)(F)F)c1)C1CCCN(C(=O)O)c2cc(Cl)ccc21. The highest BCUT2D eigenvalue weighted by molar-refractivity contribution is 6.31. The molecule has 0 radical (unpaired) electrons. The summed E-state index contributed by atoms with van der Waals surface area (Å²) in [6.45, 7) is -0.455. The van der Waals surface area contributed by atoms with Crippen LogP contribution >= 0.6 is 11.6 Å². The molecule has 1 aliphatic rings. The molecule has 1 unspecified atom stereocenters. The highest BCUT2D eigenvalue weighted by Gasteiger charge is 2.37. The number of carboxylic acid groups (broad SMARTS) is 1. The molecule has 1 aliphatic heterocycles. The second-order valence-corrected chi connectivity index (χ2v) is 7.87. The quantitative estimate of drug-likeness (QED) is 0.295. The smallest absolute Gasteiger partial charge is 0.416 e. The number of nitriles is 1. The number of nitrogens with zero attached hydrogens (tertiary/aromatic N) is 3. The van der Waals surface area contributed by atoms with E-state index in [0.717, 1.165) is 9.80 Å². The Hall–Kier alpha value is -3.13. The third-order valence-corrected chi connectivity index (χ3v) is 5.47. The number of halogens is 7. The average molecular weight is 492 g/mol. The molecule has 1 amide bonds. The summed E-state index contributed by atoms with van der Waals surface area (Å²) in [6, 6.07) is 4.75. The molecule has 1 heterocycles. The number of hydrogen-bond donors (Lipinski definition) is 1. The Morgan fingerprint density at radius 1 is 1.12 bits per heavy atom. The molecule has 3 rings (SSSR count). The summed E-state index contributed by atoms with van der Waals surface area (Å²) in [4.78, 5) is 13.8. The number of amides is 1. The first-order valence-corrected chi connectivity index (χ1v) is 9.93. The Kier molecular flexibility index (Phi) is 6.70. The second kappa shape index (κ2) is 9.02. The van der Waals surface area contributed by atoms with E-state index < -0.39 is 42.2 Å². The second-order valence-electron chi connectivity index (χ2n) is 7.44. The molecule has 0 spiro atoms. The van der Waals surface area contributed by atoms with Crippen LogP contribution in [0.2, 0.25) is 5.02 Å². The number of hydrogen-bond acceptors (Lipinski definition) is 3. The van der Waals surface area contributed by atoms with Crippen LogP contribution in [-0.4, -0.2) is 22.6 Å². The molecule has 5 nitrogen and oxygen atoms in total. The standard InChI is InChI=1S/C21H16ClF6N3O2/c22-15-3-4-16-17(2-1-5-31(19(32)33)18(16)9-15)30(11-29)10-12-6-13(20(23,24)25)8-14(7-12)21(26,27)28/h3-4,6-9,17H,1-2,5,10H2,(H,32,33). The van der Waals surface area contributed by atoms with Crippen LogP contribution in [0.4, 0.5) is 36.8 Å². The van der Waals surface area contributed by atoms with E-state index in [1.807, 2.05) is 6.19 Å². The van der Waals surface area contributed by atoms with Crippen LogP contribution in [0.1, 0.15) is 41.1 Å². The van der Waals surface area contributed by atoms with E-state index in [4.69, 9.17) is 11.6 Å². The van der Waals surface area contributed by atoms with E-state index in [-0.39, 0.29) is 35.3 Å². The molecule has 1 atom stereocenters. The summed E-state index contributed by atoms with van der Waals surface area (Å²) in [5.74, 6) is 0. The number of anilines is 1. The Balaban J connectivity index is 2.05. The van der Waals surface area contributed by atoms with Crippen LogP contribution in [0.25, 0.3) is 0 Å². The maximum atomic E-state index is 13.2. The van der Waals surface area contributed by atoms with Crippen LogP contribution in [0, 0.1) is 11.5 Å². The van der Waals surface area contributed by atoms with E-state index in [9.17, 15) is 41.5 Å². The summed E-state index contributed by atoms with van der Waals surface area (Å²) in [6.07, 6.45) is -8.89. The minimum atomic E-state index is -5.01. The molecule has 33 heavy (non-hydrogen) atoms. The molecule has 0 aliphatic carbocycles. The molecule has 176 valence electrons. The van der Waals surface area contributed by atoms with Gasteiger partial charge in [-0.1, -0.05) is 17.7 Å². The van der Waals surface area contributed by atoms with Gasteiger partial charge < -0.3 is 5.11 Å². The van der Waals surface area contributed by atoms with E-state index in [2.05, 4.69) is 0 Å². The fraction of sp³-hybridized carbons (Fsp3) is 0.333. The largest absolute Gasteiger partial charge is 0.465 e. The lowest BCUT2D eigenvalue weighted by atomic mass is 9.98. The maximum Gasteiger partial charge on any atom is 0.416 e. The highest BCUT2D eigenvalue weighted by Crippen LogP contribution is 2.40. The number of carbonyl (C=O) groups is 1. The zero-order valence-electron chi connectivity index (χ0n) is 16.7. The van der Waals surface area contributed by atoms with Crippen LogP contribution in [-0.2, 0) is 18.9 Å². The molecule has 1 N–H and O–H groups in total. The molecule has 12 heteroatoms. The highest BCUT2D eigenvalue weighted by atomic mass is 35.5. The Labute approximate surface area is 189 Å². The maximum absolute atomic E-state index is 13.2. The molecular weight excluding hydrogens is 476 g/mol. The molecule has 0 aromatic heterocycles. The Morgan fingerprint density at radius 3 is 2.24 bits per heavy atom. The van der Waals surface area contributed by atoms with E-state index >= 15 is 0 Å². The first-order chi connectivity index (χ1) is 15.3. The van der Waals surface area contributed by atoms with Crippen LogP contribution in [0.15, 0.2) is 36.4 Å². The number of fused-ring (bicyclic) bond motifs is 1. The van der Waals surface area contributed by atoms with Crippen molar-refractivity contribution in [2.24, 2.45) is 0 Å². The lowest BCUT2D eigenvalue weighted by molar-refractivity contribution is -0.143. The van der Waals surface area contributed by atoms with Gasteiger partial charge in [-0.25, -0.2) is 4.79 Å². The van der Waals surface area contributed by atoms with Crippen molar-refractivity contribution in [3.05, 3.63) is 63.7 Å². The summed E-state index contributed by atoms with van der Waals surface area (Å²) in [5.41, 5.74) is -2.72. The van der Waals surface area contributed by atoms with Gasteiger partial charge in [0.25, 0.3) is 0 Å². The third-order valence-electron chi connectivity index (χ3n) is 5.24. The predicted molar refractivity (Wildman–Crippen MR) is 106 cm³/mol. The molecule has 0 bridgehead atoms. The predicted octanol–water partition coefficient (Wildman–Crippen LogP) is 6.68. The van der Waals surface area contributed by atoms with Gasteiger partial charge in [0.1, 0.15) is 0 Å². The first kappa shape index (κ1) is 24.5. The van der Waals surface area contributed by atoms with Crippen molar-refractivity contribution in [1.29, 1.82) is 5.26 Å². The Morgan fingerprint density at radius 2 is 1.73 bits per heavy atom. The minimum absolute atomic E-state index is 0.0217. The van der Waals surface area contributed by atoms with Crippen LogP contribution < -0.4 is 4.90 Å². The van der Waals surface area contributed by atoms with Crippen molar-refractivity contribution in [2.75, 3.05) is 11.4 Å². The lowest BCUT2D eigenvalue weighted by Crippen LogP contribution is -2.30. The minimum Gasteiger partial charge on any atom is -0.465 e.